The standard InChI is InChI=1S/C29H32BN3O6S/c1-20(2)16-28(30(35)36)31-29(34)19-33-26(22-11-5-4-6-12-22)18-25(32-33)24-14-7-8-15-27(24)39-40(37,38)23-13-9-10-21(3)17-23/h4-15,17-18,20,28,35-36H,16,19H2,1-3H3,(H,31,34). The van der Waals surface area contributed by atoms with E-state index >= 15 is 0 Å². The van der Waals surface area contributed by atoms with E-state index in [1.165, 1.54) is 16.8 Å². The lowest BCUT2D eigenvalue weighted by Gasteiger charge is -2.20. The van der Waals surface area contributed by atoms with Gasteiger partial charge in [-0.25, -0.2) is 0 Å². The van der Waals surface area contributed by atoms with Crippen LogP contribution in [0.25, 0.3) is 22.5 Å². The first-order valence-corrected chi connectivity index (χ1v) is 14.3. The zero-order chi connectivity index (χ0) is 28.9. The molecule has 4 aromatic rings. The van der Waals surface area contributed by atoms with Gasteiger partial charge in [-0.2, -0.15) is 13.5 Å². The molecule has 0 aliphatic heterocycles. The molecule has 208 valence electrons. The summed E-state index contributed by atoms with van der Waals surface area (Å²) in [6.45, 7) is 5.45. The molecule has 9 nitrogen and oxygen atoms in total. The first-order chi connectivity index (χ1) is 19.0. The van der Waals surface area contributed by atoms with E-state index in [0.29, 0.717) is 23.4 Å². The Morgan fingerprint density at radius 1 is 1.00 bits per heavy atom. The van der Waals surface area contributed by atoms with Crippen LogP contribution in [0.2, 0.25) is 0 Å². The van der Waals surface area contributed by atoms with Crippen molar-refractivity contribution in [2.24, 2.45) is 5.92 Å². The van der Waals surface area contributed by atoms with Gasteiger partial charge < -0.3 is 19.5 Å². The van der Waals surface area contributed by atoms with Crippen LogP contribution in [0.5, 0.6) is 5.75 Å². The monoisotopic (exact) mass is 561 g/mol. The predicted molar refractivity (Wildman–Crippen MR) is 154 cm³/mol. The van der Waals surface area contributed by atoms with E-state index < -0.39 is 29.1 Å². The van der Waals surface area contributed by atoms with Crippen LogP contribution >= 0.6 is 0 Å². The maximum atomic E-state index is 13.1. The number of carbonyl (C=O) groups excluding carboxylic acids is 1. The molecular weight excluding hydrogens is 529 g/mol. The summed E-state index contributed by atoms with van der Waals surface area (Å²) in [5, 5.41) is 26.8. The molecule has 1 aromatic heterocycles. The van der Waals surface area contributed by atoms with Crippen molar-refractivity contribution in [2.45, 2.75) is 44.6 Å². The van der Waals surface area contributed by atoms with Crippen LogP contribution in [-0.2, 0) is 21.5 Å². The van der Waals surface area contributed by atoms with E-state index in [0.717, 1.165) is 11.1 Å². The van der Waals surface area contributed by atoms with Gasteiger partial charge in [-0.05, 0) is 60.7 Å². The van der Waals surface area contributed by atoms with Crippen LogP contribution in [0.3, 0.4) is 0 Å². The van der Waals surface area contributed by atoms with E-state index in [1.54, 1.807) is 49.4 Å². The van der Waals surface area contributed by atoms with E-state index in [-0.39, 0.29) is 23.1 Å². The number of amides is 1. The molecule has 40 heavy (non-hydrogen) atoms. The summed E-state index contributed by atoms with van der Waals surface area (Å²) in [4.78, 5) is 13.0. The largest absolute Gasteiger partial charge is 0.475 e. The Balaban J connectivity index is 1.69. The van der Waals surface area contributed by atoms with E-state index in [2.05, 4.69) is 10.4 Å². The van der Waals surface area contributed by atoms with Crippen molar-refractivity contribution in [3.05, 3.63) is 90.5 Å². The van der Waals surface area contributed by atoms with Gasteiger partial charge in [0.25, 0.3) is 0 Å². The molecule has 3 N–H and O–H groups in total. The number of hydrogen-bond donors (Lipinski definition) is 3. The van der Waals surface area contributed by atoms with Gasteiger partial charge in [-0.15, -0.1) is 0 Å². The second-order valence-corrected chi connectivity index (χ2v) is 11.6. The number of nitrogens with zero attached hydrogens (tertiary/aromatic N) is 2. The Morgan fingerprint density at radius 2 is 1.70 bits per heavy atom. The molecule has 0 aliphatic rings. The Kier molecular flexibility index (Phi) is 9.08. The first-order valence-electron chi connectivity index (χ1n) is 12.9. The highest BCUT2D eigenvalue weighted by Gasteiger charge is 2.27. The van der Waals surface area contributed by atoms with Gasteiger partial charge in [-0.1, -0.05) is 68.4 Å². The second kappa shape index (κ2) is 12.5. The van der Waals surface area contributed by atoms with Gasteiger partial charge in [0.05, 0.1) is 17.3 Å². The minimum absolute atomic E-state index is 0.0384. The zero-order valence-electron chi connectivity index (χ0n) is 22.6. The Labute approximate surface area is 234 Å². The fourth-order valence-corrected chi connectivity index (χ4v) is 5.40. The lowest BCUT2D eigenvalue weighted by atomic mass is 9.75. The molecule has 0 fully saturated rings. The lowest BCUT2D eigenvalue weighted by Crippen LogP contribution is -2.48. The maximum Gasteiger partial charge on any atom is 0.475 e. The van der Waals surface area contributed by atoms with Crippen molar-refractivity contribution in [2.75, 3.05) is 0 Å². The van der Waals surface area contributed by atoms with Crippen molar-refractivity contribution in [1.29, 1.82) is 0 Å². The Hall–Kier alpha value is -3.93. The molecule has 0 bridgehead atoms. The number of aryl methyl sites for hydroxylation is 1. The third kappa shape index (κ3) is 7.18. The second-order valence-electron chi connectivity index (χ2n) is 10.0. The number of nitrogens with one attached hydrogen (secondary N) is 1. The summed E-state index contributed by atoms with van der Waals surface area (Å²) in [6.07, 6.45) is 0.388. The van der Waals surface area contributed by atoms with Crippen LogP contribution in [-0.4, -0.2) is 47.2 Å². The fourth-order valence-electron chi connectivity index (χ4n) is 4.35. The Morgan fingerprint density at radius 3 is 2.38 bits per heavy atom. The fraction of sp³-hybridized carbons (Fsp3) is 0.241. The average Bonchev–Trinajstić information content (AvgIpc) is 3.32. The molecular formula is C29H32BN3O6S. The third-order valence-corrected chi connectivity index (χ3v) is 7.45. The van der Waals surface area contributed by atoms with Gasteiger partial charge in [0.15, 0.2) is 5.75 Å². The quantitative estimate of drug-likeness (QED) is 0.187. The highest BCUT2D eigenvalue weighted by molar-refractivity contribution is 7.87. The third-order valence-electron chi connectivity index (χ3n) is 6.22. The van der Waals surface area contributed by atoms with Gasteiger partial charge in [0, 0.05) is 5.56 Å². The average molecular weight is 561 g/mol. The molecule has 0 radical (unpaired) electrons. The number of para-hydroxylation sites is 1. The molecule has 0 saturated carbocycles. The van der Waals surface area contributed by atoms with Gasteiger partial charge in [0.1, 0.15) is 11.4 Å². The first kappa shape index (κ1) is 29.1. The molecule has 1 heterocycles. The minimum Gasteiger partial charge on any atom is -0.426 e. The van der Waals surface area contributed by atoms with Crippen molar-refractivity contribution in [1.82, 2.24) is 15.1 Å². The summed E-state index contributed by atoms with van der Waals surface area (Å²) in [5.74, 6) is -1.05. The van der Waals surface area contributed by atoms with Crippen LogP contribution in [0.1, 0.15) is 25.8 Å². The smallest absolute Gasteiger partial charge is 0.426 e. The topological polar surface area (TPSA) is 131 Å². The van der Waals surface area contributed by atoms with E-state index in [1.807, 2.05) is 44.2 Å². The van der Waals surface area contributed by atoms with Gasteiger partial charge in [0.2, 0.25) is 5.91 Å². The normalized spacial score (nSPS) is 12.2. The van der Waals surface area contributed by atoms with Crippen LogP contribution in [0, 0.1) is 12.8 Å². The summed E-state index contributed by atoms with van der Waals surface area (Å²) >= 11 is 0. The van der Waals surface area contributed by atoms with Crippen molar-refractivity contribution in [3.8, 4) is 28.3 Å². The Bertz CT molecular complexity index is 1570. The van der Waals surface area contributed by atoms with E-state index in [9.17, 15) is 23.3 Å². The number of benzene rings is 3. The predicted octanol–water partition coefficient (Wildman–Crippen LogP) is 3.84. The molecule has 0 spiro atoms. The molecule has 1 amide bonds. The summed E-state index contributed by atoms with van der Waals surface area (Å²) in [6, 6.07) is 24.2. The zero-order valence-corrected chi connectivity index (χ0v) is 23.4. The highest BCUT2D eigenvalue weighted by Crippen LogP contribution is 2.34. The molecule has 3 aromatic carbocycles. The van der Waals surface area contributed by atoms with Gasteiger partial charge >= 0.3 is 17.2 Å². The number of rotatable bonds is 11. The van der Waals surface area contributed by atoms with Crippen molar-refractivity contribution < 1.29 is 27.4 Å². The summed E-state index contributed by atoms with van der Waals surface area (Å²) < 4.78 is 33.2. The SMILES string of the molecule is Cc1cccc(S(=O)(=O)Oc2ccccc2-c2cc(-c3ccccc3)n(CC(=O)NC(CC(C)C)B(O)O)n2)c1. The van der Waals surface area contributed by atoms with Crippen molar-refractivity contribution in [3.63, 3.8) is 0 Å². The summed E-state index contributed by atoms with van der Waals surface area (Å²) in [7, 11) is -5.82. The molecule has 1 unspecified atom stereocenters. The van der Waals surface area contributed by atoms with Crippen LogP contribution in [0.4, 0.5) is 0 Å². The lowest BCUT2D eigenvalue weighted by molar-refractivity contribution is -0.122. The minimum atomic E-state index is -4.12. The molecule has 0 aliphatic carbocycles. The van der Waals surface area contributed by atoms with E-state index in [4.69, 9.17) is 4.18 Å². The number of hydrogen-bond acceptors (Lipinski definition) is 7. The molecule has 0 saturated heterocycles. The number of carbonyl (C=O) groups is 1. The van der Waals surface area contributed by atoms with Crippen molar-refractivity contribution >= 4 is 23.1 Å². The van der Waals surface area contributed by atoms with Crippen LogP contribution in [0.15, 0.2) is 89.8 Å². The van der Waals surface area contributed by atoms with Gasteiger partial charge in [-0.3, -0.25) is 9.48 Å². The molecule has 1 atom stereocenters. The van der Waals surface area contributed by atoms with Crippen LogP contribution < -0.4 is 9.50 Å². The highest BCUT2D eigenvalue weighted by atomic mass is 32.2. The maximum absolute atomic E-state index is 13.1. The summed E-state index contributed by atoms with van der Waals surface area (Å²) in [5.41, 5.74) is 3.03. The number of aromatic nitrogens is 2. The molecule has 11 heteroatoms. The molecule has 4 rings (SSSR count).